The Hall–Kier alpha value is -2.32. The van der Waals surface area contributed by atoms with E-state index in [9.17, 15) is 14.7 Å². The normalized spacial score (nSPS) is 11.7. The van der Waals surface area contributed by atoms with Gasteiger partial charge in [0, 0.05) is 32.7 Å². The molecule has 0 aliphatic rings. The Kier molecular flexibility index (Phi) is 15.8. The largest absolute Gasteiger partial charge is 0.494 e. The lowest BCUT2D eigenvalue weighted by Gasteiger charge is -2.22. The zero-order chi connectivity index (χ0) is 24.3. The minimum atomic E-state index is -0.967. The van der Waals surface area contributed by atoms with E-state index in [1.54, 1.807) is 11.8 Å². The third-order valence-corrected chi connectivity index (χ3v) is 4.96. The van der Waals surface area contributed by atoms with Crippen LogP contribution in [0.15, 0.2) is 24.3 Å². The zero-order valence-corrected chi connectivity index (χ0v) is 20.4. The number of hydrogen-bond donors (Lipinski definition) is 1. The predicted molar refractivity (Wildman–Crippen MR) is 127 cm³/mol. The number of carbonyl (C=O) groups excluding carboxylic acids is 1. The molecule has 0 radical (unpaired) electrons. The highest BCUT2D eigenvalue weighted by Gasteiger charge is 2.18. The fourth-order valence-electron chi connectivity index (χ4n) is 3.01. The molecule has 0 bridgehead atoms. The summed E-state index contributed by atoms with van der Waals surface area (Å²) in [5, 5.41) is 9.21. The van der Waals surface area contributed by atoms with Crippen LogP contribution in [-0.2, 0) is 25.4 Å². The van der Waals surface area contributed by atoms with Crippen LogP contribution in [0.1, 0.15) is 58.4 Å². The molecule has 188 valence electrons. The Morgan fingerprint density at radius 2 is 1.61 bits per heavy atom. The summed E-state index contributed by atoms with van der Waals surface area (Å²) < 4.78 is 22.0. The summed E-state index contributed by atoms with van der Waals surface area (Å²) in [6, 6.07) is 7.32. The lowest BCUT2D eigenvalue weighted by atomic mass is 10.1. The fraction of sp³-hybridized carbons (Fsp3) is 0.680. The van der Waals surface area contributed by atoms with Crippen molar-refractivity contribution in [3.63, 3.8) is 0 Å². The number of benzene rings is 1. The lowest BCUT2D eigenvalue weighted by Crippen LogP contribution is -2.36. The summed E-state index contributed by atoms with van der Waals surface area (Å²) >= 11 is 0. The molecule has 1 atom stereocenters. The molecule has 0 aliphatic heterocycles. The lowest BCUT2D eigenvalue weighted by molar-refractivity contribution is -0.149. The molecular formula is C25H41NO7. The van der Waals surface area contributed by atoms with Crippen LogP contribution in [0.4, 0.5) is 4.79 Å². The molecule has 8 nitrogen and oxygen atoms in total. The van der Waals surface area contributed by atoms with Gasteiger partial charge in [0.15, 0.2) is 6.10 Å². The first-order valence-corrected chi connectivity index (χ1v) is 12.1. The highest BCUT2D eigenvalue weighted by Crippen LogP contribution is 2.15. The smallest absolute Gasteiger partial charge is 0.409 e. The number of aliphatic carboxylic acids is 1. The van der Waals surface area contributed by atoms with E-state index in [1.165, 1.54) is 0 Å². The summed E-state index contributed by atoms with van der Waals surface area (Å²) in [6.07, 6.45) is 3.71. The number of carbonyl (C=O) groups is 2. The van der Waals surface area contributed by atoms with Gasteiger partial charge >= 0.3 is 12.1 Å². The number of nitrogens with zero attached hydrogens (tertiary/aromatic N) is 1. The number of unbranched alkanes of at least 4 members (excludes halogenated alkanes) is 2. The van der Waals surface area contributed by atoms with Crippen LogP contribution in [0.5, 0.6) is 5.75 Å². The molecule has 0 saturated carbocycles. The van der Waals surface area contributed by atoms with Gasteiger partial charge < -0.3 is 29.0 Å². The monoisotopic (exact) mass is 467 g/mol. The van der Waals surface area contributed by atoms with Crippen molar-refractivity contribution in [1.82, 2.24) is 4.90 Å². The van der Waals surface area contributed by atoms with Gasteiger partial charge in [-0.2, -0.15) is 0 Å². The Morgan fingerprint density at radius 1 is 0.909 bits per heavy atom. The second-order valence-corrected chi connectivity index (χ2v) is 7.75. The van der Waals surface area contributed by atoms with Crippen molar-refractivity contribution in [2.45, 2.75) is 65.4 Å². The summed E-state index contributed by atoms with van der Waals surface area (Å²) in [7, 11) is 0. The molecule has 1 aromatic carbocycles. The quantitative estimate of drug-likeness (QED) is 0.298. The van der Waals surface area contributed by atoms with E-state index in [0.717, 1.165) is 31.2 Å². The molecule has 1 rings (SSSR count). The zero-order valence-electron chi connectivity index (χ0n) is 20.4. The van der Waals surface area contributed by atoms with Crippen molar-refractivity contribution in [3.8, 4) is 5.75 Å². The van der Waals surface area contributed by atoms with E-state index in [2.05, 4.69) is 13.8 Å². The molecule has 1 aromatic rings. The van der Waals surface area contributed by atoms with E-state index in [0.29, 0.717) is 64.7 Å². The van der Waals surface area contributed by atoms with E-state index < -0.39 is 12.1 Å². The van der Waals surface area contributed by atoms with Crippen LogP contribution in [-0.4, -0.2) is 74.3 Å². The highest BCUT2D eigenvalue weighted by molar-refractivity contribution is 5.72. The Bertz CT molecular complexity index is 651. The van der Waals surface area contributed by atoms with Gasteiger partial charge in [-0.05, 0) is 43.9 Å². The van der Waals surface area contributed by atoms with Crippen LogP contribution in [0.25, 0.3) is 0 Å². The molecule has 0 spiro atoms. The van der Waals surface area contributed by atoms with Gasteiger partial charge in [-0.25, -0.2) is 9.59 Å². The summed E-state index contributed by atoms with van der Waals surface area (Å²) in [5.41, 5.74) is 0.868. The molecule has 0 saturated heterocycles. The van der Waals surface area contributed by atoms with Crippen molar-refractivity contribution < 1.29 is 33.6 Å². The molecule has 33 heavy (non-hydrogen) atoms. The van der Waals surface area contributed by atoms with E-state index >= 15 is 0 Å². The maximum atomic E-state index is 12.4. The molecule has 8 heteroatoms. The SMILES string of the molecule is CCCCOCCN(CCCOc1ccc(CC(OCC)C(=O)O)cc1)C(=O)OCCCC. The molecule has 0 fully saturated rings. The molecule has 1 amide bonds. The van der Waals surface area contributed by atoms with Gasteiger partial charge in [-0.15, -0.1) is 0 Å². The van der Waals surface area contributed by atoms with Crippen molar-refractivity contribution in [2.75, 3.05) is 46.1 Å². The topological polar surface area (TPSA) is 94.5 Å². The van der Waals surface area contributed by atoms with Crippen molar-refractivity contribution in [3.05, 3.63) is 29.8 Å². The van der Waals surface area contributed by atoms with Crippen molar-refractivity contribution >= 4 is 12.1 Å². The number of ether oxygens (including phenoxy) is 4. The Labute approximate surface area is 198 Å². The van der Waals surface area contributed by atoms with Crippen LogP contribution in [0.3, 0.4) is 0 Å². The average molecular weight is 468 g/mol. The number of carboxylic acids is 1. The number of rotatable bonds is 19. The first kappa shape index (κ1) is 28.7. The summed E-state index contributed by atoms with van der Waals surface area (Å²) in [4.78, 5) is 25.3. The van der Waals surface area contributed by atoms with Crippen LogP contribution in [0, 0.1) is 0 Å². The third-order valence-electron chi connectivity index (χ3n) is 4.96. The molecule has 1 N–H and O–H groups in total. The number of carboxylic acid groups (broad SMARTS) is 1. The standard InChI is InChI=1S/C25H41NO7/c1-4-7-16-30-19-15-26(25(29)33-17-8-5-2)14-9-18-32-22-12-10-21(11-13-22)20-23(24(27)28)31-6-3/h10-13,23H,4-9,14-20H2,1-3H3,(H,27,28). The molecule has 0 aromatic heterocycles. The summed E-state index contributed by atoms with van der Waals surface area (Å²) in [5.74, 6) is -0.271. The van der Waals surface area contributed by atoms with E-state index in [-0.39, 0.29) is 6.09 Å². The maximum Gasteiger partial charge on any atom is 0.409 e. The number of hydrogen-bond acceptors (Lipinski definition) is 6. The molecular weight excluding hydrogens is 426 g/mol. The van der Waals surface area contributed by atoms with Gasteiger partial charge in [-0.1, -0.05) is 38.8 Å². The first-order valence-electron chi connectivity index (χ1n) is 12.1. The van der Waals surface area contributed by atoms with Crippen molar-refractivity contribution in [1.29, 1.82) is 0 Å². The second-order valence-electron chi connectivity index (χ2n) is 7.75. The van der Waals surface area contributed by atoms with Crippen LogP contribution in [0.2, 0.25) is 0 Å². The predicted octanol–water partition coefficient (Wildman–Crippen LogP) is 4.54. The van der Waals surface area contributed by atoms with E-state index in [4.69, 9.17) is 18.9 Å². The fourth-order valence-corrected chi connectivity index (χ4v) is 3.01. The van der Waals surface area contributed by atoms with Crippen LogP contribution >= 0.6 is 0 Å². The molecule has 1 unspecified atom stereocenters. The number of amides is 1. The van der Waals surface area contributed by atoms with Gasteiger partial charge in [0.25, 0.3) is 0 Å². The van der Waals surface area contributed by atoms with Crippen molar-refractivity contribution in [2.24, 2.45) is 0 Å². The van der Waals surface area contributed by atoms with Gasteiger partial charge in [0.05, 0.1) is 19.8 Å². The minimum Gasteiger partial charge on any atom is -0.494 e. The maximum absolute atomic E-state index is 12.4. The van der Waals surface area contributed by atoms with Crippen LogP contribution < -0.4 is 4.74 Å². The van der Waals surface area contributed by atoms with Gasteiger partial charge in [0.2, 0.25) is 0 Å². The molecule has 0 heterocycles. The van der Waals surface area contributed by atoms with Gasteiger partial charge in [-0.3, -0.25) is 0 Å². The average Bonchev–Trinajstić information content (AvgIpc) is 2.81. The summed E-state index contributed by atoms with van der Waals surface area (Å²) in [6.45, 7) is 9.38. The Balaban J connectivity index is 2.45. The highest BCUT2D eigenvalue weighted by atomic mass is 16.6. The second kappa shape index (κ2) is 18.1. The first-order chi connectivity index (χ1) is 16.0. The van der Waals surface area contributed by atoms with Gasteiger partial charge in [0.1, 0.15) is 5.75 Å². The van der Waals surface area contributed by atoms with E-state index in [1.807, 2.05) is 24.3 Å². The third kappa shape index (κ3) is 13.1. The minimum absolute atomic E-state index is 0.304. The Morgan fingerprint density at radius 3 is 2.24 bits per heavy atom. The molecule has 0 aliphatic carbocycles.